The molecular weight excluding hydrogens is 383 g/mol. The van der Waals surface area contributed by atoms with Crippen LogP contribution in [-0.2, 0) is 20.5 Å². The minimum Gasteiger partial charge on any atom is -0.447 e. The van der Waals surface area contributed by atoms with Crippen LogP contribution >= 0.6 is 11.6 Å². The third kappa shape index (κ3) is 4.80. The number of ether oxygens (including phenoxy) is 1. The number of halogens is 4. The number of hydrogen-bond acceptors (Lipinski definition) is 3. The lowest BCUT2D eigenvalue weighted by Gasteiger charge is -2.19. The summed E-state index contributed by atoms with van der Waals surface area (Å²) < 4.78 is 44.0. The van der Waals surface area contributed by atoms with Gasteiger partial charge in [-0.05, 0) is 31.0 Å². The summed E-state index contributed by atoms with van der Waals surface area (Å²) in [7, 11) is 0. The fraction of sp³-hybridized carbons (Fsp3) is 0.263. The van der Waals surface area contributed by atoms with Gasteiger partial charge >= 0.3 is 12.1 Å². The Bertz CT molecular complexity index is 851. The van der Waals surface area contributed by atoms with Crippen molar-refractivity contribution in [3.8, 4) is 0 Å². The van der Waals surface area contributed by atoms with Crippen LogP contribution in [0.15, 0.2) is 48.5 Å². The van der Waals surface area contributed by atoms with Gasteiger partial charge in [0.2, 0.25) is 6.10 Å². The summed E-state index contributed by atoms with van der Waals surface area (Å²) in [6, 6.07) is 10.9. The number of carbonyl (C=O) groups is 2. The van der Waals surface area contributed by atoms with Gasteiger partial charge in [-0.2, -0.15) is 13.2 Å². The van der Waals surface area contributed by atoms with Gasteiger partial charge in [0, 0.05) is 5.56 Å². The van der Waals surface area contributed by atoms with Crippen LogP contribution < -0.4 is 5.32 Å². The first kappa shape index (κ1) is 19.2. The van der Waals surface area contributed by atoms with Crippen molar-refractivity contribution >= 4 is 29.2 Å². The Balaban J connectivity index is 1.85. The molecule has 0 spiro atoms. The predicted octanol–water partition coefficient (Wildman–Crippen LogP) is 4.99. The number of carbonyl (C=O) groups excluding carboxylic acids is 2. The molecule has 1 aliphatic rings. The molecule has 0 heterocycles. The number of benzene rings is 2. The molecule has 3 rings (SSSR count). The number of alkyl halides is 3. The molecular formula is C19H15ClF3NO3. The van der Waals surface area contributed by atoms with Gasteiger partial charge in [0.15, 0.2) is 0 Å². The number of esters is 1. The first-order valence-corrected chi connectivity index (χ1v) is 8.56. The van der Waals surface area contributed by atoms with E-state index in [1.807, 2.05) is 0 Å². The zero-order valence-electron chi connectivity index (χ0n) is 13.9. The normalized spacial score (nSPS) is 15.1. The van der Waals surface area contributed by atoms with Gasteiger partial charge in [-0.1, -0.05) is 41.9 Å². The number of rotatable bonds is 5. The quantitative estimate of drug-likeness (QED) is 0.723. The van der Waals surface area contributed by atoms with Gasteiger partial charge in [-0.15, -0.1) is 0 Å². The molecule has 8 heteroatoms. The van der Waals surface area contributed by atoms with Gasteiger partial charge in [-0.25, -0.2) is 0 Å². The maximum absolute atomic E-state index is 12.9. The monoisotopic (exact) mass is 397 g/mol. The molecule has 27 heavy (non-hydrogen) atoms. The Kier molecular flexibility index (Phi) is 5.41. The van der Waals surface area contributed by atoms with E-state index in [-0.39, 0.29) is 16.6 Å². The van der Waals surface area contributed by atoms with Crippen molar-refractivity contribution in [2.24, 2.45) is 5.92 Å². The fourth-order valence-corrected chi connectivity index (χ4v) is 2.59. The summed E-state index contributed by atoms with van der Waals surface area (Å²) >= 11 is 5.92. The highest BCUT2D eigenvalue weighted by molar-refractivity contribution is 6.33. The number of nitrogens with one attached hydrogen (secondary N) is 1. The average molecular weight is 398 g/mol. The van der Waals surface area contributed by atoms with Crippen LogP contribution in [0.4, 0.5) is 18.9 Å². The summed E-state index contributed by atoms with van der Waals surface area (Å²) in [6.45, 7) is 0. The molecule has 1 fully saturated rings. The Morgan fingerprint density at radius 3 is 2.37 bits per heavy atom. The minimum absolute atomic E-state index is 0.0586. The SMILES string of the molecule is O=C(OC(C(=O)Nc1cc(C(F)(F)F)ccc1Cl)c1ccccc1)C1CC1. The Morgan fingerprint density at radius 2 is 1.78 bits per heavy atom. The smallest absolute Gasteiger partial charge is 0.416 e. The van der Waals surface area contributed by atoms with Crippen molar-refractivity contribution < 1.29 is 27.5 Å². The lowest BCUT2D eigenvalue weighted by Crippen LogP contribution is -2.26. The average Bonchev–Trinajstić information content (AvgIpc) is 3.46. The largest absolute Gasteiger partial charge is 0.447 e. The second-order valence-electron chi connectivity index (χ2n) is 6.18. The Morgan fingerprint density at radius 1 is 1.11 bits per heavy atom. The van der Waals surface area contributed by atoms with Crippen LogP contribution in [0, 0.1) is 5.92 Å². The number of anilines is 1. The van der Waals surface area contributed by atoms with Crippen molar-refractivity contribution in [1.29, 1.82) is 0 Å². The minimum atomic E-state index is -4.58. The van der Waals surface area contributed by atoms with E-state index in [9.17, 15) is 22.8 Å². The third-order valence-corrected chi connectivity index (χ3v) is 4.37. The highest BCUT2D eigenvalue weighted by atomic mass is 35.5. The molecule has 142 valence electrons. The van der Waals surface area contributed by atoms with Crippen LogP contribution in [0.5, 0.6) is 0 Å². The fourth-order valence-electron chi connectivity index (χ4n) is 2.43. The van der Waals surface area contributed by atoms with Crippen LogP contribution in [0.25, 0.3) is 0 Å². The maximum Gasteiger partial charge on any atom is 0.416 e. The highest BCUT2D eigenvalue weighted by Gasteiger charge is 2.36. The summed E-state index contributed by atoms with van der Waals surface area (Å²) in [5.74, 6) is -1.52. The van der Waals surface area contributed by atoms with Crippen LogP contribution in [-0.4, -0.2) is 11.9 Å². The first-order chi connectivity index (χ1) is 12.8. The van der Waals surface area contributed by atoms with Gasteiger partial charge in [-0.3, -0.25) is 9.59 Å². The van der Waals surface area contributed by atoms with Gasteiger partial charge in [0.1, 0.15) is 0 Å². The Hall–Kier alpha value is -2.54. The zero-order valence-corrected chi connectivity index (χ0v) is 14.7. The van der Waals surface area contributed by atoms with Crippen LogP contribution in [0.3, 0.4) is 0 Å². The maximum atomic E-state index is 12.9. The van der Waals surface area contributed by atoms with E-state index in [1.165, 1.54) is 0 Å². The summed E-state index contributed by atoms with van der Waals surface area (Å²) in [5.41, 5.74) is -0.750. The molecule has 1 amide bonds. The molecule has 2 aromatic rings. The zero-order chi connectivity index (χ0) is 19.6. The van der Waals surface area contributed by atoms with E-state index in [0.717, 1.165) is 18.2 Å². The van der Waals surface area contributed by atoms with Crippen molar-refractivity contribution in [3.63, 3.8) is 0 Å². The predicted molar refractivity (Wildman–Crippen MR) is 93.1 cm³/mol. The van der Waals surface area contributed by atoms with Crippen molar-refractivity contribution in [1.82, 2.24) is 0 Å². The standard InChI is InChI=1S/C19H15ClF3NO3/c20-14-9-8-13(19(21,22)23)10-15(14)24-17(25)16(11-4-2-1-3-5-11)27-18(26)12-6-7-12/h1-5,8-10,12,16H,6-7H2,(H,24,25). The Labute approximate surface area is 158 Å². The molecule has 1 atom stereocenters. The molecule has 4 nitrogen and oxygen atoms in total. The number of hydrogen-bond donors (Lipinski definition) is 1. The molecule has 1 unspecified atom stereocenters. The van der Waals surface area contributed by atoms with Gasteiger partial charge < -0.3 is 10.1 Å². The highest BCUT2D eigenvalue weighted by Crippen LogP contribution is 2.35. The molecule has 2 aromatic carbocycles. The molecule has 0 radical (unpaired) electrons. The summed E-state index contributed by atoms with van der Waals surface area (Å²) in [5, 5.41) is 2.28. The van der Waals surface area contributed by atoms with E-state index in [2.05, 4.69) is 5.32 Å². The van der Waals surface area contributed by atoms with E-state index >= 15 is 0 Å². The van der Waals surface area contributed by atoms with Crippen molar-refractivity contribution in [2.45, 2.75) is 25.1 Å². The van der Waals surface area contributed by atoms with Gasteiger partial charge in [0.25, 0.3) is 5.91 Å². The lowest BCUT2D eigenvalue weighted by atomic mass is 10.1. The summed E-state index contributed by atoms with van der Waals surface area (Å²) in [4.78, 5) is 24.7. The topological polar surface area (TPSA) is 55.4 Å². The second kappa shape index (κ2) is 7.60. The van der Waals surface area contributed by atoms with Crippen LogP contribution in [0.2, 0.25) is 5.02 Å². The van der Waals surface area contributed by atoms with Crippen LogP contribution in [0.1, 0.15) is 30.1 Å². The summed E-state index contributed by atoms with van der Waals surface area (Å²) in [6.07, 6.45) is -4.48. The second-order valence-corrected chi connectivity index (χ2v) is 6.59. The molecule has 1 aliphatic carbocycles. The molecule has 1 N–H and O–H groups in total. The molecule has 0 saturated heterocycles. The van der Waals surface area contributed by atoms with E-state index in [1.54, 1.807) is 30.3 Å². The van der Waals surface area contributed by atoms with E-state index in [0.29, 0.717) is 18.4 Å². The lowest BCUT2D eigenvalue weighted by molar-refractivity contribution is -0.156. The van der Waals surface area contributed by atoms with E-state index < -0.39 is 29.7 Å². The molecule has 0 bridgehead atoms. The van der Waals surface area contributed by atoms with Crippen molar-refractivity contribution in [3.05, 3.63) is 64.7 Å². The first-order valence-electron chi connectivity index (χ1n) is 8.19. The number of amides is 1. The third-order valence-electron chi connectivity index (χ3n) is 4.04. The molecule has 1 saturated carbocycles. The van der Waals surface area contributed by atoms with E-state index in [4.69, 9.17) is 16.3 Å². The van der Waals surface area contributed by atoms with Gasteiger partial charge in [0.05, 0.1) is 22.2 Å². The molecule has 0 aliphatic heterocycles. The van der Waals surface area contributed by atoms with Crippen molar-refractivity contribution in [2.75, 3.05) is 5.32 Å². The molecule has 0 aromatic heterocycles.